The van der Waals surface area contributed by atoms with Crippen LogP contribution in [-0.2, 0) is 0 Å². The average molecular weight is 786 g/mol. The van der Waals surface area contributed by atoms with Crippen LogP contribution in [0.1, 0.15) is 0 Å². The molecule has 1 aliphatic rings. The SMILES string of the molecule is Nc1ccc(OP2(Oc3ccc(N)cc3)(Oc3ccc(N)cc3)N=PNP(Oc3ccc(N)cc3)(Oc3ccc(N)cc3)(Oc3ccc(N)cc3)N2)cc1. The fourth-order valence-corrected chi connectivity index (χ4v) is 15.4. The number of nitrogens with zero attached hydrogens (tertiary/aromatic N) is 1. The van der Waals surface area contributed by atoms with Gasteiger partial charge < -0.3 is 0 Å². The molecule has 1 heterocycles. The van der Waals surface area contributed by atoms with Gasteiger partial charge in [0, 0.05) is 0 Å². The quantitative estimate of drug-likeness (QED) is 0.0428. The topological polar surface area (TPSA) is 248 Å². The van der Waals surface area contributed by atoms with Gasteiger partial charge in [-0.1, -0.05) is 0 Å². The molecule has 0 spiro atoms. The zero-order valence-corrected chi connectivity index (χ0v) is 31.2. The van der Waals surface area contributed by atoms with E-state index in [-0.39, 0.29) is 43.0 Å². The minimum atomic E-state index is -5.46. The van der Waals surface area contributed by atoms with Gasteiger partial charge >= 0.3 is 314 Å². The summed E-state index contributed by atoms with van der Waals surface area (Å²) < 4.78 is 47.0. The van der Waals surface area contributed by atoms with Gasteiger partial charge in [-0.15, -0.1) is 0 Å². The third-order valence-electron chi connectivity index (χ3n) is 7.65. The van der Waals surface area contributed by atoms with Crippen LogP contribution in [0.25, 0.3) is 0 Å². The molecule has 0 unspecified atom stereocenters. The van der Waals surface area contributed by atoms with Crippen molar-refractivity contribution in [1.82, 2.24) is 9.72 Å². The monoisotopic (exact) mass is 785 g/mol. The standard InChI is InChI=1S/C36H38N9O6P3/c37-25-1-13-31(14-2-25)46-53(47-32-15-3-26(38)4-16-32,48-33-17-5-27(39)6-18-33)43-52-44-54(45-53,49-34-19-7-28(40)8-20-34,50-35-21-9-29(41)10-22-35)51-36-23-11-30(42)12-24-36/h1-24,45H,37-42H2,(H,43,44). The number of hydrogen-bond donors (Lipinski definition) is 8. The summed E-state index contributed by atoms with van der Waals surface area (Å²) in [6.45, 7) is 0. The molecule has 0 amide bonds. The number of nitrogens with one attached hydrogen (secondary N) is 2. The normalized spacial score (nSPS) is 17.9. The van der Waals surface area contributed by atoms with Crippen LogP contribution in [0.4, 0.5) is 34.1 Å². The van der Waals surface area contributed by atoms with Crippen LogP contribution in [-0.4, -0.2) is 0 Å². The predicted molar refractivity (Wildman–Crippen MR) is 218 cm³/mol. The van der Waals surface area contributed by atoms with E-state index in [1.165, 1.54) is 0 Å². The van der Waals surface area contributed by atoms with Crippen molar-refractivity contribution in [3.8, 4) is 34.5 Å². The van der Waals surface area contributed by atoms with Crippen molar-refractivity contribution in [2.45, 2.75) is 0 Å². The van der Waals surface area contributed by atoms with Crippen molar-refractivity contribution < 1.29 is 27.1 Å². The molecule has 1 aliphatic heterocycles. The summed E-state index contributed by atoms with van der Waals surface area (Å²) in [5.74, 6) is 1.58. The van der Waals surface area contributed by atoms with E-state index in [2.05, 4.69) is 9.72 Å². The summed E-state index contributed by atoms with van der Waals surface area (Å²) in [6.07, 6.45) is 0. The van der Waals surface area contributed by atoms with E-state index in [9.17, 15) is 0 Å². The number of anilines is 6. The van der Waals surface area contributed by atoms with Gasteiger partial charge in [-0.3, -0.25) is 0 Å². The van der Waals surface area contributed by atoms with Gasteiger partial charge in [0.15, 0.2) is 0 Å². The van der Waals surface area contributed by atoms with Gasteiger partial charge in [-0.25, -0.2) is 0 Å². The Kier molecular flexibility index (Phi) is 9.36. The molecule has 0 bridgehead atoms. The van der Waals surface area contributed by atoms with Crippen LogP contribution in [0.5, 0.6) is 34.5 Å². The summed E-state index contributed by atoms with van der Waals surface area (Å²) in [4.78, 5) is 6.74. The number of nitrogens with two attached hydrogens (primary N) is 6. The number of rotatable bonds is 12. The second kappa shape index (κ2) is 14.0. The fourth-order valence-electron chi connectivity index (χ4n) is 5.16. The molecule has 6 aromatic rings. The van der Waals surface area contributed by atoms with Crippen LogP contribution < -0.4 is 71.3 Å². The maximum absolute atomic E-state index is 7.02. The van der Waals surface area contributed by atoms with Crippen LogP contribution in [0, 0.1) is 0 Å². The Labute approximate surface area is 312 Å². The Morgan fingerprint density at radius 2 is 0.574 bits per heavy atom. The van der Waals surface area contributed by atoms with Crippen molar-refractivity contribution in [2.75, 3.05) is 34.4 Å². The Balaban J connectivity index is 1.54. The second-order valence-corrected chi connectivity index (χ2v) is 19.1. The van der Waals surface area contributed by atoms with E-state index >= 15 is 0 Å². The summed E-state index contributed by atoms with van der Waals surface area (Å²) in [6, 6.07) is 39.8. The van der Waals surface area contributed by atoms with Gasteiger partial charge in [0.25, 0.3) is 0 Å². The molecule has 0 saturated carbocycles. The molecule has 18 heteroatoms. The molecule has 7 rings (SSSR count). The molecule has 278 valence electrons. The Bertz CT molecular complexity index is 2030. The molecule has 0 fully saturated rings. The van der Waals surface area contributed by atoms with Crippen LogP contribution >= 0.6 is 23.7 Å². The molecule has 6 aromatic carbocycles. The molecule has 0 atom stereocenters. The van der Waals surface area contributed by atoms with Crippen molar-refractivity contribution in [3.05, 3.63) is 146 Å². The number of hydrogen-bond acceptors (Lipinski definition) is 15. The van der Waals surface area contributed by atoms with Crippen molar-refractivity contribution in [3.63, 3.8) is 0 Å². The molecule has 0 saturated heterocycles. The molecular formula is C36H38N9O6P3. The first-order chi connectivity index (χ1) is 25.9. The maximum atomic E-state index is 7.02. The van der Waals surface area contributed by atoms with E-state index in [0.29, 0.717) is 34.1 Å². The third kappa shape index (κ3) is 7.91. The van der Waals surface area contributed by atoms with Crippen LogP contribution in [0.2, 0.25) is 0 Å². The molecule has 54 heavy (non-hydrogen) atoms. The fraction of sp³-hybridized carbons (Fsp3) is 0. The average Bonchev–Trinajstić information content (AvgIpc) is 3.14. The Morgan fingerprint density at radius 1 is 0.352 bits per heavy atom. The van der Waals surface area contributed by atoms with E-state index in [0.717, 1.165) is 0 Å². The van der Waals surface area contributed by atoms with Crippen molar-refractivity contribution in [2.24, 2.45) is 4.52 Å². The van der Waals surface area contributed by atoms with Gasteiger partial charge in [0.2, 0.25) is 0 Å². The molecule has 0 radical (unpaired) electrons. The van der Waals surface area contributed by atoms with Gasteiger partial charge in [0.1, 0.15) is 0 Å². The molecule has 0 aliphatic carbocycles. The summed E-state index contributed by atoms with van der Waals surface area (Å²) in [5, 5.41) is 0. The van der Waals surface area contributed by atoms with Crippen LogP contribution in [0.15, 0.2) is 150 Å². The Hall–Kier alpha value is -6.20. The summed E-state index contributed by atoms with van der Waals surface area (Å²) in [7, 11) is -10.8. The number of nitrogen functional groups attached to an aromatic ring is 6. The van der Waals surface area contributed by atoms with E-state index < -0.39 is 15.2 Å². The predicted octanol–water partition coefficient (Wildman–Crippen LogP) is 8.45. The van der Waals surface area contributed by atoms with E-state index in [1.807, 2.05) is 0 Å². The Morgan fingerprint density at radius 3 is 0.815 bits per heavy atom. The van der Waals surface area contributed by atoms with Crippen molar-refractivity contribution in [1.29, 1.82) is 0 Å². The second-order valence-electron chi connectivity index (χ2n) is 12.1. The minimum absolute atomic E-state index is 0.0722. The first-order valence-corrected chi connectivity index (χ1v) is 21.1. The first kappa shape index (κ1) is 36.2. The summed E-state index contributed by atoms with van der Waals surface area (Å²) >= 11 is 0. The molecule has 0 aromatic heterocycles. The first-order valence-electron chi connectivity index (χ1n) is 16.3. The van der Waals surface area contributed by atoms with E-state index in [4.69, 9.17) is 66.1 Å². The van der Waals surface area contributed by atoms with Gasteiger partial charge in [0.05, 0.1) is 0 Å². The zero-order valence-electron chi connectivity index (χ0n) is 28.6. The van der Waals surface area contributed by atoms with Gasteiger partial charge in [-0.05, 0) is 0 Å². The zero-order chi connectivity index (χ0) is 37.9. The van der Waals surface area contributed by atoms with Gasteiger partial charge in [-0.2, -0.15) is 0 Å². The number of benzene rings is 6. The van der Waals surface area contributed by atoms with E-state index in [1.54, 1.807) is 146 Å². The third-order valence-corrected chi connectivity index (χ3v) is 16.9. The molecule has 15 nitrogen and oxygen atoms in total. The molecule has 14 N–H and O–H groups in total. The van der Waals surface area contributed by atoms with Crippen LogP contribution in [0.3, 0.4) is 0 Å². The summed E-state index contributed by atoms with van der Waals surface area (Å²) in [5.41, 5.74) is 39.5. The van der Waals surface area contributed by atoms with Crippen molar-refractivity contribution >= 4 is 57.8 Å². The molecular weight excluding hydrogens is 747 g/mol.